The Morgan fingerprint density at radius 1 is 0.960 bits per heavy atom. The van der Waals surface area contributed by atoms with Crippen LogP contribution in [0, 0.1) is 5.82 Å². The predicted octanol–water partition coefficient (Wildman–Crippen LogP) is 6.21. The number of hydrogen-bond donors (Lipinski definition) is 1. The average Bonchev–Trinajstić information content (AvgIpc) is 2.93. The van der Waals surface area contributed by atoms with Crippen molar-refractivity contribution in [3.63, 3.8) is 0 Å². The quantitative estimate of drug-likeness (QED) is 0.470. The van der Waals surface area contributed by atoms with Gasteiger partial charge in [0.05, 0.1) is 0 Å². The molecule has 0 radical (unpaired) electrons. The molecule has 126 valence electrons. The minimum Gasteiger partial charge on any atom is -0.508 e. The summed E-state index contributed by atoms with van der Waals surface area (Å²) in [5, 5.41) is 10.2. The molecule has 0 saturated heterocycles. The summed E-state index contributed by atoms with van der Waals surface area (Å²) in [7, 11) is 0. The SMILES string of the molecule is CC(F)(F)c1ccc(-c2ccc(O)cc2F)c2oc3ccccc3c12. The predicted molar refractivity (Wildman–Crippen MR) is 90.3 cm³/mol. The van der Waals surface area contributed by atoms with Crippen molar-refractivity contribution in [1.29, 1.82) is 0 Å². The van der Waals surface area contributed by atoms with Crippen molar-refractivity contribution in [2.75, 3.05) is 0 Å². The largest absolute Gasteiger partial charge is 0.508 e. The molecule has 2 nitrogen and oxygen atoms in total. The van der Waals surface area contributed by atoms with E-state index in [0.29, 0.717) is 16.5 Å². The summed E-state index contributed by atoms with van der Waals surface area (Å²) < 4.78 is 48.3. The number of phenols is 1. The smallest absolute Gasteiger partial charge is 0.271 e. The highest BCUT2D eigenvalue weighted by molar-refractivity contribution is 6.11. The summed E-state index contributed by atoms with van der Waals surface area (Å²) in [5.74, 6) is -3.94. The highest BCUT2D eigenvalue weighted by Gasteiger charge is 2.30. The fraction of sp³-hybridized carbons (Fsp3) is 0.100. The van der Waals surface area contributed by atoms with Crippen LogP contribution in [0.3, 0.4) is 0 Å². The van der Waals surface area contributed by atoms with Gasteiger partial charge in [0.2, 0.25) is 0 Å². The zero-order valence-corrected chi connectivity index (χ0v) is 13.2. The molecule has 0 aliphatic carbocycles. The van der Waals surface area contributed by atoms with Gasteiger partial charge in [-0.1, -0.05) is 24.3 Å². The maximum atomic E-state index is 14.3. The molecule has 0 bridgehead atoms. The Kier molecular flexibility index (Phi) is 3.29. The van der Waals surface area contributed by atoms with E-state index in [1.165, 1.54) is 24.3 Å². The number of phenolic OH excluding ortho intramolecular Hbond substituents is 1. The number of aromatic hydroxyl groups is 1. The van der Waals surface area contributed by atoms with E-state index in [2.05, 4.69) is 0 Å². The van der Waals surface area contributed by atoms with Gasteiger partial charge < -0.3 is 9.52 Å². The number of para-hydroxylation sites is 1. The van der Waals surface area contributed by atoms with E-state index in [0.717, 1.165) is 13.0 Å². The summed E-state index contributed by atoms with van der Waals surface area (Å²) in [6.45, 7) is 0.824. The van der Waals surface area contributed by atoms with Gasteiger partial charge in [-0.2, -0.15) is 0 Å². The fourth-order valence-electron chi connectivity index (χ4n) is 3.13. The van der Waals surface area contributed by atoms with Crippen LogP contribution in [0.2, 0.25) is 0 Å². The normalized spacial score (nSPS) is 12.2. The molecule has 0 saturated carbocycles. The fourth-order valence-corrected chi connectivity index (χ4v) is 3.13. The molecule has 25 heavy (non-hydrogen) atoms. The lowest BCUT2D eigenvalue weighted by molar-refractivity contribution is 0.0191. The average molecular weight is 342 g/mol. The Morgan fingerprint density at radius 3 is 2.40 bits per heavy atom. The zero-order valence-electron chi connectivity index (χ0n) is 13.2. The molecule has 0 atom stereocenters. The van der Waals surface area contributed by atoms with Crippen molar-refractivity contribution in [2.24, 2.45) is 0 Å². The first-order chi connectivity index (χ1) is 11.9. The molecule has 3 aromatic carbocycles. The third-order valence-electron chi connectivity index (χ3n) is 4.24. The van der Waals surface area contributed by atoms with Crippen molar-refractivity contribution in [3.05, 3.63) is 66.0 Å². The summed E-state index contributed by atoms with van der Waals surface area (Å²) in [4.78, 5) is 0. The van der Waals surface area contributed by atoms with Gasteiger partial charge in [-0.15, -0.1) is 0 Å². The van der Waals surface area contributed by atoms with E-state index in [1.807, 2.05) is 0 Å². The van der Waals surface area contributed by atoms with Gasteiger partial charge in [-0.05, 0) is 24.3 Å². The van der Waals surface area contributed by atoms with Crippen LogP contribution in [0.15, 0.2) is 59.0 Å². The molecule has 0 spiro atoms. The van der Waals surface area contributed by atoms with E-state index in [4.69, 9.17) is 4.42 Å². The second-order valence-corrected chi connectivity index (χ2v) is 6.02. The Morgan fingerprint density at radius 2 is 1.68 bits per heavy atom. The molecule has 0 amide bonds. The first kappa shape index (κ1) is 15.6. The molecule has 0 aliphatic rings. The van der Waals surface area contributed by atoms with Crippen LogP contribution in [0.4, 0.5) is 13.2 Å². The molecule has 1 N–H and O–H groups in total. The molecule has 4 aromatic rings. The van der Waals surface area contributed by atoms with Crippen LogP contribution in [0.5, 0.6) is 5.75 Å². The van der Waals surface area contributed by atoms with Gasteiger partial charge >= 0.3 is 0 Å². The monoisotopic (exact) mass is 342 g/mol. The number of halogens is 3. The van der Waals surface area contributed by atoms with Gasteiger partial charge in [0.1, 0.15) is 22.7 Å². The topological polar surface area (TPSA) is 33.4 Å². The zero-order chi connectivity index (χ0) is 17.8. The Balaban J connectivity index is 2.15. The Labute approximate surface area is 141 Å². The van der Waals surface area contributed by atoms with E-state index >= 15 is 0 Å². The van der Waals surface area contributed by atoms with E-state index < -0.39 is 11.7 Å². The molecule has 0 fully saturated rings. The highest BCUT2D eigenvalue weighted by atomic mass is 19.3. The van der Waals surface area contributed by atoms with E-state index in [1.54, 1.807) is 24.3 Å². The molecule has 4 rings (SSSR count). The van der Waals surface area contributed by atoms with Crippen LogP contribution in [-0.2, 0) is 5.92 Å². The van der Waals surface area contributed by atoms with Gasteiger partial charge in [0.25, 0.3) is 5.92 Å². The van der Waals surface area contributed by atoms with Gasteiger partial charge in [-0.3, -0.25) is 0 Å². The summed E-state index contributed by atoms with van der Waals surface area (Å²) >= 11 is 0. The second kappa shape index (κ2) is 5.28. The third-order valence-corrected chi connectivity index (χ3v) is 4.24. The van der Waals surface area contributed by atoms with Crippen LogP contribution in [-0.4, -0.2) is 5.11 Å². The molecule has 1 aromatic heterocycles. The van der Waals surface area contributed by atoms with E-state index in [-0.39, 0.29) is 27.8 Å². The van der Waals surface area contributed by atoms with Crippen LogP contribution in [0.25, 0.3) is 33.1 Å². The first-order valence-corrected chi connectivity index (χ1v) is 7.67. The van der Waals surface area contributed by atoms with Crippen LogP contribution < -0.4 is 0 Å². The lowest BCUT2D eigenvalue weighted by Gasteiger charge is -2.14. The molecule has 5 heteroatoms. The van der Waals surface area contributed by atoms with Gasteiger partial charge in [-0.25, -0.2) is 13.2 Å². The number of alkyl halides is 2. The Bertz CT molecular complexity index is 1110. The van der Waals surface area contributed by atoms with Crippen molar-refractivity contribution in [2.45, 2.75) is 12.8 Å². The van der Waals surface area contributed by atoms with Crippen molar-refractivity contribution in [1.82, 2.24) is 0 Å². The number of benzene rings is 3. The maximum absolute atomic E-state index is 14.3. The lowest BCUT2D eigenvalue weighted by atomic mass is 9.95. The van der Waals surface area contributed by atoms with E-state index in [9.17, 15) is 18.3 Å². The summed E-state index contributed by atoms with van der Waals surface area (Å²) in [6, 6.07) is 13.3. The number of fused-ring (bicyclic) bond motifs is 3. The Hall–Kier alpha value is -2.95. The number of rotatable bonds is 2. The molecule has 1 heterocycles. The van der Waals surface area contributed by atoms with Gasteiger partial charge in [0.15, 0.2) is 0 Å². The standard InChI is InChI=1S/C20H13F3O2/c1-20(22,23)15-9-8-13(12-7-6-11(24)10-16(12)21)19-18(15)14-4-2-3-5-17(14)25-19/h2-10,24H,1H3. The van der Waals surface area contributed by atoms with Gasteiger partial charge in [0, 0.05) is 40.5 Å². The summed E-state index contributed by atoms with van der Waals surface area (Å²) in [6.07, 6.45) is 0. The van der Waals surface area contributed by atoms with Crippen molar-refractivity contribution < 1.29 is 22.7 Å². The second-order valence-electron chi connectivity index (χ2n) is 6.02. The molecular formula is C20H13F3O2. The third kappa shape index (κ3) is 2.43. The first-order valence-electron chi connectivity index (χ1n) is 7.67. The van der Waals surface area contributed by atoms with Crippen LogP contribution >= 0.6 is 0 Å². The number of furan rings is 1. The van der Waals surface area contributed by atoms with Crippen molar-refractivity contribution >= 4 is 21.9 Å². The minimum atomic E-state index is -3.07. The van der Waals surface area contributed by atoms with Crippen LogP contribution in [0.1, 0.15) is 12.5 Å². The highest BCUT2D eigenvalue weighted by Crippen LogP contribution is 2.43. The molecule has 0 aliphatic heterocycles. The maximum Gasteiger partial charge on any atom is 0.271 e. The lowest BCUT2D eigenvalue weighted by Crippen LogP contribution is -2.07. The number of hydrogen-bond acceptors (Lipinski definition) is 2. The summed E-state index contributed by atoms with van der Waals surface area (Å²) in [5.41, 5.74) is 1.01. The molecule has 0 unspecified atom stereocenters. The minimum absolute atomic E-state index is 0.171. The molecular weight excluding hydrogens is 329 g/mol. The van der Waals surface area contributed by atoms with Crippen molar-refractivity contribution in [3.8, 4) is 16.9 Å².